The van der Waals surface area contributed by atoms with Crippen LogP contribution in [0.5, 0.6) is 0 Å². The number of fused-ring (bicyclic) bond motifs is 1. The molecule has 0 saturated carbocycles. The summed E-state index contributed by atoms with van der Waals surface area (Å²) in [5.41, 5.74) is 3.37. The second kappa shape index (κ2) is 7.15. The summed E-state index contributed by atoms with van der Waals surface area (Å²) in [7, 11) is 0. The number of rotatable bonds is 6. The quantitative estimate of drug-likeness (QED) is 0.630. The Morgan fingerprint density at radius 3 is 3.00 bits per heavy atom. The number of thiazole rings is 1. The molecule has 5 nitrogen and oxygen atoms in total. The van der Waals surface area contributed by atoms with E-state index in [1.807, 2.05) is 50.5 Å². The van der Waals surface area contributed by atoms with Crippen LogP contribution in [0.2, 0.25) is 0 Å². The van der Waals surface area contributed by atoms with Crippen molar-refractivity contribution in [1.82, 2.24) is 9.38 Å². The van der Waals surface area contributed by atoms with Gasteiger partial charge in [0.25, 0.3) is 0 Å². The molecule has 0 fully saturated rings. The van der Waals surface area contributed by atoms with E-state index >= 15 is 0 Å². The molecule has 3 heterocycles. The van der Waals surface area contributed by atoms with Crippen LogP contribution in [0.15, 0.2) is 36.0 Å². The molecule has 0 aliphatic carbocycles. The van der Waals surface area contributed by atoms with Crippen molar-refractivity contribution in [2.45, 2.75) is 33.5 Å². The molecular weight excluding hydrogens is 324 g/mol. The van der Waals surface area contributed by atoms with Crippen LogP contribution in [0.25, 0.3) is 5.52 Å². The minimum absolute atomic E-state index is 0.182. The van der Waals surface area contributed by atoms with Crippen molar-refractivity contribution in [1.29, 1.82) is 0 Å². The zero-order chi connectivity index (χ0) is 17.1. The lowest BCUT2D eigenvalue weighted by molar-refractivity contribution is 0.0475. The first kappa shape index (κ1) is 16.7. The normalized spacial score (nSPS) is 12.5. The number of aromatic nitrogens is 2. The maximum Gasteiger partial charge on any atom is 0.338 e. The average molecular weight is 344 g/mol. The Kier molecular flexibility index (Phi) is 4.97. The largest absolute Gasteiger partial charge is 0.462 e. The monoisotopic (exact) mass is 344 g/mol. The highest BCUT2D eigenvalue weighted by molar-refractivity contribution is 7.09. The first-order valence-electron chi connectivity index (χ1n) is 7.89. The van der Waals surface area contributed by atoms with E-state index in [1.165, 1.54) is 0 Å². The van der Waals surface area contributed by atoms with E-state index in [-0.39, 0.29) is 12.1 Å². The van der Waals surface area contributed by atoms with Crippen molar-refractivity contribution >= 4 is 22.8 Å². The van der Waals surface area contributed by atoms with E-state index < -0.39 is 0 Å². The fraction of sp³-hybridized carbons (Fsp3) is 0.333. The first-order chi connectivity index (χ1) is 11.6. The molecule has 0 aliphatic heterocycles. The molecule has 0 N–H and O–H groups in total. The summed E-state index contributed by atoms with van der Waals surface area (Å²) in [5, 5.41) is 2.87. The summed E-state index contributed by atoms with van der Waals surface area (Å²) in [6.45, 7) is 6.54. The molecule has 6 heteroatoms. The van der Waals surface area contributed by atoms with Gasteiger partial charge < -0.3 is 13.9 Å². The Bertz CT molecular complexity index is 839. The van der Waals surface area contributed by atoms with Crippen LogP contribution < -0.4 is 0 Å². The molecule has 24 heavy (non-hydrogen) atoms. The first-order valence-corrected chi connectivity index (χ1v) is 8.77. The minimum atomic E-state index is -0.299. The number of hydrogen-bond acceptors (Lipinski definition) is 5. The summed E-state index contributed by atoms with van der Waals surface area (Å²) < 4.78 is 13.3. The van der Waals surface area contributed by atoms with Crippen molar-refractivity contribution < 1.29 is 14.3 Å². The van der Waals surface area contributed by atoms with Crippen LogP contribution in [0.4, 0.5) is 0 Å². The molecule has 3 aromatic rings. The fourth-order valence-electron chi connectivity index (χ4n) is 2.83. The van der Waals surface area contributed by atoms with Crippen molar-refractivity contribution in [2.75, 3.05) is 6.61 Å². The van der Waals surface area contributed by atoms with Gasteiger partial charge in [-0.1, -0.05) is 0 Å². The zero-order valence-corrected chi connectivity index (χ0v) is 14.8. The topological polar surface area (TPSA) is 52.8 Å². The highest BCUT2D eigenvalue weighted by atomic mass is 32.1. The summed E-state index contributed by atoms with van der Waals surface area (Å²) in [6, 6.07) is 5.80. The summed E-state index contributed by atoms with van der Waals surface area (Å²) >= 11 is 1.57. The molecule has 0 bridgehead atoms. The maximum atomic E-state index is 12.3. The molecule has 0 amide bonds. The molecule has 0 saturated heterocycles. The lowest BCUT2D eigenvalue weighted by Crippen LogP contribution is -2.14. The van der Waals surface area contributed by atoms with Gasteiger partial charge in [-0.05, 0) is 44.5 Å². The molecule has 0 aliphatic rings. The predicted molar refractivity (Wildman–Crippen MR) is 93.4 cm³/mol. The van der Waals surface area contributed by atoms with Gasteiger partial charge in [-0.2, -0.15) is 0 Å². The van der Waals surface area contributed by atoms with Gasteiger partial charge in [0, 0.05) is 23.3 Å². The van der Waals surface area contributed by atoms with Crippen LogP contribution in [-0.4, -0.2) is 22.0 Å². The van der Waals surface area contributed by atoms with Crippen LogP contribution in [0.1, 0.15) is 46.6 Å². The lowest BCUT2D eigenvalue weighted by Gasteiger charge is -2.20. The molecule has 0 spiro atoms. The predicted octanol–water partition coefficient (Wildman–Crippen LogP) is 4.16. The van der Waals surface area contributed by atoms with Gasteiger partial charge in [-0.25, -0.2) is 9.78 Å². The number of ether oxygens (including phenoxy) is 2. The Hall–Kier alpha value is -2.18. The molecule has 3 rings (SSSR count). The SMILES string of the molecule is CCOC(=O)c1cc2cccn2c(C(C)OCc2nccs2)c1C. The molecule has 126 valence electrons. The van der Waals surface area contributed by atoms with Crippen LogP contribution in [0.3, 0.4) is 0 Å². The third-order valence-corrected chi connectivity index (χ3v) is 4.69. The van der Waals surface area contributed by atoms with E-state index in [0.717, 1.165) is 21.8 Å². The van der Waals surface area contributed by atoms with Crippen LogP contribution >= 0.6 is 11.3 Å². The van der Waals surface area contributed by atoms with Crippen LogP contribution in [-0.2, 0) is 16.1 Å². The number of pyridine rings is 1. The van der Waals surface area contributed by atoms with Gasteiger partial charge in [0.15, 0.2) is 0 Å². The number of carbonyl (C=O) groups excluding carboxylic acids is 1. The van der Waals surface area contributed by atoms with Gasteiger partial charge in [0.05, 0.1) is 30.6 Å². The number of carbonyl (C=O) groups is 1. The van der Waals surface area contributed by atoms with Crippen molar-refractivity contribution in [3.63, 3.8) is 0 Å². The second-order valence-electron chi connectivity index (χ2n) is 5.47. The highest BCUT2D eigenvalue weighted by Gasteiger charge is 2.20. The minimum Gasteiger partial charge on any atom is -0.462 e. The Labute approximate surface area is 144 Å². The number of esters is 1. The van der Waals surface area contributed by atoms with Gasteiger partial charge >= 0.3 is 5.97 Å². The molecule has 3 aromatic heterocycles. The third-order valence-electron chi connectivity index (χ3n) is 3.94. The molecule has 0 aromatic carbocycles. The zero-order valence-electron chi connectivity index (χ0n) is 14.0. The average Bonchev–Trinajstić information content (AvgIpc) is 3.23. The Balaban J connectivity index is 1.96. The van der Waals surface area contributed by atoms with Crippen molar-refractivity contribution in [3.05, 3.63) is 57.8 Å². The maximum absolute atomic E-state index is 12.3. The second-order valence-corrected chi connectivity index (χ2v) is 6.45. The third kappa shape index (κ3) is 3.20. The summed E-state index contributed by atoms with van der Waals surface area (Å²) in [5.74, 6) is -0.299. The van der Waals surface area contributed by atoms with E-state index in [1.54, 1.807) is 17.5 Å². The van der Waals surface area contributed by atoms with E-state index in [9.17, 15) is 4.79 Å². The Morgan fingerprint density at radius 2 is 2.29 bits per heavy atom. The fourth-order valence-corrected chi connectivity index (χ4v) is 3.36. The number of nitrogens with zero attached hydrogens (tertiary/aromatic N) is 2. The lowest BCUT2D eigenvalue weighted by atomic mass is 10.0. The van der Waals surface area contributed by atoms with E-state index in [4.69, 9.17) is 9.47 Å². The standard InChI is InChI=1S/C18H20N2O3S/c1-4-22-18(21)15-10-14-6-5-8-20(14)17(12(15)2)13(3)23-11-16-19-7-9-24-16/h5-10,13H,4,11H2,1-3H3. The van der Waals surface area contributed by atoms with Crippen molar-refractivity contribution in [3.8, 4) is 0 Å². The molecular formula is C18H20N2O3S. The van der Waals surface area contributed by atoms with Gasteiger partial charge in [0.1, 0.15) is 5.01 Å². The summed E-state index contributed by atoms with van der Waals surface area (Å²) in [6.07, 6.45) is 3.57. The number of hydrogen-bond donors (Lipinski definition) is 0. The van der Waals surface area contributed by atoms with Crippen LogP contribution in [0, 0.1) is 6.92 Å². The van der Waals surface area contributed by atoms with Gasteiger partial charge in [-0.3, -0.25) is 0 Å². The molecule has 1 unspecified atom stereocenters. The van der Waals surface area contributed by atoms with E-state index in [0.29, 0.717) is 18.8 Å². The van der Waals surface area contributed by atoms with Crippen molar-refractivity contribution in [2.24, 2.45) is 0 Å². The smallest absolute Gasteiger partial charge is 0.338 e. The van der Waals surface area contributed by atoms with Gasteiger partial charge in [0.2, 0.25) is 0 Å². The van der Waals surface area contributed by atoms with Gasteiger partial charge in [-0.15, -0.1) is 11.3 Å². The van der Waals surface area contributed by atoms with E-state index in [2.05, 4.69) is 9.38 Å². The highest BCUT2D eigenvalue weighted by Crippen LogP contribution is 2.27. The summed E-state index contributed by atoms with van der Waals surface area (Å²) in [4.78, 5) is 16.5. The molecule has 1 atom stereocenters. The molecule has 0 radical (unpaired) electrons. The Morgan fingerprint density at radius 1 is 1.46 bits per heavy atom.